The number of carbonyl (C=O) groups excluding carboxylic acids is 1. The van der Waals surface area contributed by atoms with E-state index in [0.29, 0.717) is 19.6 Å². The predicted molar refractivity (Wildman–Crippen MR) is 85.5 cm³/mol. The van der Waals surface area contributed by atoms with Crippen molar-refractivity contribution in [2.24, 2.45) is 5.73 Å². The van der Waals surface area contributed by atoms with E-state index in [0.717, 1.165) is 12.3 Å². The van der Waals surface area contributed by atoms with Gasteiger partial charge in [-0.2, -0.15) is 0 Å². The van der Waals surface area contributed by atoms with Gasteiger partial charge in [-0.15, -0.1) is 0 Å². The van der Waals surface area contributed by atoms with Gasteiger partial charge in [0.25, 0.3) is 0 Å². The first-order valence-electron chi connectivity index (χ1n) is 7.52. The molecule has 1 unspecified atom stereocenters. The van der Waals surface area contributed by atoms with Gasteiger partial charge < -0.3 is 10.5 Å². The minimum Gasteiger partial charge on any atom is -0.492 e. The number of fused-ring (bicyclic) bond motifs is 1. The van der Waals surface area contributed by atoms with E-state index in [9.17, 15) is 4.79 Å². The number of benzene rings is 2. The summed E-state index contributed by atoms with van der Waals surface area (Å²) in [5.74, 6) is 0.574. The SMILES string of the molecule is NC(=O)C1Cc2ccccc2CN1CCOc1ccccc1. The number of hydrogen-bond donors (Lipinski definition) is 1. The van der Waals surface area contributed by atoms with Crippen molar-refractivity contribution in [1.82, 2.24) is 4.90 Å². The lowest BCUT2D eigenvalue weighted by atomic mass is 9.93. The fraction of sp³-hybridized carbons (Fsp3) is 0.278. The van der Waals surface area contributed by atoms with E-state index in [4.69, 9.17) is 10.5 Å². The zero-order valence-electron chi connectivity index (χ0n) is 12.4. The number of ether oxygens (including phenoxy) is 1. The molecule has 0 bridgehead atoms. The van der Waals surface area contributed by atoms with Gasteiger partial charge in [0.2, 0.25) is 5.91 Å². The van der Waals surface area contributed by atoms with E-state index in [1.807, 2.05) is 42.5 Å². The smallest absolute Gasteiger partial charge is 0.235 e. The normalized spacial score (nSPS) is 17.7. The molecule has 0 aromatic heterocycles. The molecule has 2 aromatic rings. The highest BCUT2D eigenvalue weighted by molar-refractivity contribution is 5.80. The second-order valence-electron chi connectivity index (χ2n) is 5.52. The summed E-state index contributed by atoms with van der Waals surface area (Å²) in [6.07, 6.45) is 0.677. The fourth-order valence-corrected chi connectivity index (χ4v) is 2.89. The van der Waals surface area contributed by atoms with Gasteiger partial charge in [0.05, 0.1) is 6.04 Å². The minimum absolute atomic E-state index is 0.255. The van der Waals surface area contributed by atoms with Gasteiger partial charge in [-0.3, -0.25) is 9.69 Å². The molecular weight excluding hydrogens is 276 g/mol. The van der Waals surface area contributed by atoms with Crippen LogP contribution in [-0.4, -0.2) is 30.0 Å². The first-order chi connectivity index (χ1) is 10.7. The number of rotatable bonds is 5. The molecule has 1 atom stereocenters. The van der Waals surface area contributed by atoms with Crippen LogP contribution >= 0.6 is 0 Å². The first-order valence-corrected chi connectivity index (χ1v) is 7.52. The number of carbonyl (C=O) groups is 1. The van der Waals surface area contributed by atoms with Crippen LogP contribution in [0.1, 0.15) is 11.1 Å². The van der Waals surface area contributed by atoms with Gasteiger partial charge in [0.1, 0.15) is 12.4 Å². The van der Waals surface area contributed by atoms with Crippen molar-refractivity contribution in [3.63, 3.8) is 0 Å². The second-order valence-corrected chi connectivity index (χ2v) is 5.52. The number of primary amides is 1. The minimum atomic E-state index is -0.269. The number of nitrogens with zero attached hydrogens (tertiary/aromatic N) is 1. The maximum absolute atomic E-state index is 11.7. The van der Waals surface area contributed by atoms with Gasteiger partial charge in [-0.1, -0.05) is 42.5 Å². The van der Waals surface area contributed by atoms with Crippen molar-refractivity contribution in [2.75, 3.05) is 13.2 Å². The summed E-state index contributed by atoms with van der Waals surface area (Å²) in [5, 5.41) is 0. The second kappa shape index (κ2) is 6.62. The number of para-hydroxylation sites is 1. The third-order valence-corrected chi connectivity index (χ3v) is 4.06. The third kappa shape index (κ3) is 3.28. The number of hydrogen-bond acceptors (Lipinski definition) is 3. The first kappa shape index (κ1) is 14.6. The Morgan fingerprint density at radius 3 is 2.50 bits per heavy atom. The topological polar surface area (TPSA) is 55.6 Å². The van der Waals surface area contributed by atoms with Crippen LogP contribution in [-0.2, 0) is 17.8 Å². The molecular formula is C18H20N2O2. The average Bonchev–Trinajstić information content (AvgIpc) is 2.55. The molecule has 0 saturated heterocycles. The zero-order chi connectivity index (χ0) is 15.4. The third-order valence-electron chi connectivity index (χ3n) is 4.06. The average molecular weight is 296 g/mol. The van der Waals surface area contributed by atoms with Crippen molar-refractivity contribution in [3.8, 4) is 5.75 Å². The Morgan fingerprint density at radius 2 is 1.77 bits per heavy atom. The molecule has 1 heterocycles. The maximum atomic E-state index is 11.7. The lowest BCUT2D eigenvalue weighted by molar-refractivity contribution is -0.123. The summed E-state index contributed by atoms with van der Waals surface area (Å²) in [6, 6.07) is 17.7. The van der Waals surface area contributed by atoms with Crippen LogP contribution in [0.5, 0.6) is 5.75 Å². The van der Waals surface area contributed by atoms with Crippen LogP contribution in [0.25, 0.3) is 0 Å². The molecule has 1 aliphatic rings. The Bertz CT molecular complexity index is 643. The number of amides is 1. The van der Waals surface area contributed by atoms with Crippen LogP contribution < -0.4 is 10.5 Å². The van der Waals surface area contributed by atoms with Crippen LogP contribution in [0.4, 0.5) is 0 Å². The molecule has 114 valence electrons. The molecule has 0 saturated carbocycles. The molecule has 0 aliphatic carbocycles. The van der Waals surface area contributed by atoms with Crippen molar-refractivity contribution >= 4 is 5.91 Å². The van der Waals surface area contributed by atoms with Gasteiger partial charge in [-0.25, -0.2) is 0 Å². The fourth-order valence-electron chi connectivity index (χ4n) is 2.89. The monoisotopic (exact) mass is 296 g/mol. The van der Waals surface area contributed by atoms with Gasteiger partial charge in [-0.05, 0) is 29.7 Å². The van der Waals surface area contributed by atoms with Crippen LogP contribution in [0.3, 0.4) is 0 Å². The molecule has 0 radical (unpaired) electrons. The molecule has 2 N–H and O–H groups in total. The van der Waals surface area contributed by atoms with E-state index < -0.39 is 0 Å². The molecule has 4 heteroatoms. The standard InChI is InChI=1S/C18H20N2O2/c19-18(21)17-12-14-6-4-5-7-15(14)13-20(17)10-11-22-16-8-2-1-3-9-16/h1-9,17H,10-13H2,(H2,19,21). The van der Waals surface area contributed by atoms with Crippen molar-refractivity contribution in [2.45, 2.75) is 19.0 Å². The van der Waals surface area contributed by atoms with Crippen LogP contribution in [0.15, 0.2) is 54.6 Å². The Balaban J connectivity index is 1.65. The summed E-state index contributed by atoms with van der Waals surface area (Å²) in [5.41, 5.74) is 8.05. The molecule has 22 heavy (non-hydrogen) atoms. The molecule has 3 rings (SSSR count). The number of nitrogens with two attached hydrogens (primary N) is 1. The Labute approximate surface area is 130 Å². The summed E-state index contributed by atoms with van der Waals surface area (Å²) >= 11 is 0. The molecule has 4 nitrogen and oxygen atoms in total. The Hall–Kier alpha value is -2.33. The van der Waals surface area contributed by atoms with Crippen molar-refractivity contribution < 1.29 is 9.53 Å². The summed E-state index contributed by atoms with van der Waals surface area (Å²) in [7, 11) is 0. The van der Waals surface area contributed by atoms with Crippen LogP contribution in [0.2, 0.25) is 0 Å². The highest BCUT2D eigenvalue weighted by Crippen LogP contribution is 2.23. The van der Waals surface area contributed by atoms with Gasteiger partial charge in [0.15, 0.2) is 0 Å². The van der Waals surface area contributed by atoms with E-state index in [2.05, 4.69) is 17.0 Å². The molecule has 2 aromatic carbocycles. The maximum Gasteiger partial charge on any atom is 0.235 e. The molecule has 1 amide bonds. The zero-order valence-corrected chi connectivity index (χ0v) is 12.4. The lowest BCUT2D eigenvalue weighted by Crippen LogP contribution is -2.49. The van der Waals surface area contributed by atoms with Crippen molar-refractivity contribution in [1.29, 1.82) is 0 Å². The quantitative estimate of drug-likeness (QED) is 0.918. The summed E-state index contributed by atoms with van der Waals surface area (Å²) < 4.78 is 5.73. The highest BCUT2D eigenvalue weighted by Gasteiger charge is 2.29. The van der Waals surface area contributed by atoms with Gasteiger partial charge >= 0.3 is 0 Å². The highest BCUT2D eigenvalue weighted by atomic mass is 16.5. The largest absolute Gasteiger partial charge is 0.492 e. The Morgan fingerprint density at radius 1 is 1.09 bits per heavy atom. The Kier molecular flexibility index (Phi) is 4.39. The van der Waals surface area contributed by atoms with E-state index >= 15 is 0 Å². The molecule has 1 aliphatic heterocycles. The lowest BCUT2D eigenvalue weighted by Gasteiger charge is -2.34. The van der Waals surface area contributed by atoms with Gasteiger partial charge in [0, 0.05) is 13.1 Å². The summed E-state index contributed by atoms with van der Waals surface area (Å²) in [4.78, 5) is 13.9. The molecule has 0 fully saturated rings. The predicted octanol–water partition coefficient (Wildman–Crippen LogP) is 1.98. The molecule has 0 spiro atoms. The van der Waals surface area contributed by atoms with E-state index in [-0.39, 0.29) is 11.9 Å². The van der Waals surface area contributed by atoms with Crippen molar-refractivity contribution in [3.05, 3.63) is 65.7 Å². The van der Waals surface area contributed by atoms with Crippen LogP contribution in [0, 0.1) is 0 Å². The van der Waals surface area contributed by atoms with E-state index in [1.54, 1.807) is 0 Å². The van der Waals surface area contributed by atoms with E-state index in [1.165, 1.54) is 11.1 Å². The summed E-state index contributed by atoms with van der Waals surface area (Å²) in [6.45, 7) is 1.95.